The zero-order valence-electron chi connectivity index (χ0n) is 14.8. The molecule has 7 nitrogen and oxygen atoms in total. The van der Waals surface area contributed by atoms with Crippen molar-refractivity contribution < 1.29 is 14.4 Å². The molecule has 0 saturated carbocycles. The lowest BCUT2D eigenvalue weighted by Crippen LogP contribution is -2.41. The van der Waals surface area contributed by atoms with Crippen LogP contribution in [-0.4, -0.2) is 53.3 Å². The summed E-state index contributed by atoms with van der Waals surface area (Å²) in [4.78, 5) is 44.6. The number of carbonyl (C=O) groups is 3. The molecule has 4 rings (SSSR count). The molecule has 0 aliphatic carbocycles. The van der Waals surface area contributed by atoms with Gasteiger partial charge in [0.25, 0.3) is 11.8 Å². The van der Waals surface area contributed by atoms with E-state index in [0.29, 0.717) is 17.7 Å². The van der Waals surface area contributed by atoms with E-state index in [-0.39, 0.29) is 36.7 Å². The number of nitrogens with zero attached hydrogens (tertiary/aromatic N) is 3. The van der Waals surface area contributed by atoms with Crippen LogP contribution in [0.3, 0.4) is 0 Å². The normalized spacial score (nSPS) is 18.9. The topological polar surface area (TPSA) is 82.6 Å². The van der Waals surface area contributed by atoms with Gasteiger partial charge >= 0.3 is 0 Å². The predicted molar refractivity (Wildman–Crippen MR) is 102 cm³/mol. The first kappa shape index (κ1) is 17.7. The molecule has 1 fully saturated rings. The van der Waals surface area contributed by atoms with Crippen molar-refractivity contribution in [3.63, 3.8) is 0 Å². The van der Waals surface area contributed by atoms with Gasteiger partial charge in [-0.25, -0.2) is 4.98 Å². The van der Waals surface area contributed by atoms with Gasteiger partial charge < -0.3 is 10.2 Å². The molecule has 2 aromatic rings. The summed E-state index contributed by atoms with van der Waals surface area (Å²) >= 11 is 1.60. The summed E-state index contributed by atoms with van der Waals surface area (Å²) in [5, 5.41) is 5.87. The van der Waals surface area contributed by atoms with Crippen molar-refractivity contribution in [2.24, 2.45) is 0 Å². The van der Waals surface area contributed by atoms with Gasteiger partial charge in [-0.2, -0.15) is 0 Å². The molecule has 1 saturated heterocycles. The van der Waals surface area contributed by atoms with Crippen LogP contribution >= 0.6 is 11.3 Å². The van der Waals surface area contributed by atoms with Crippen molar-refractivity contribution >= 4 is 34.2 Å². The molecule has 0 bridgehead atoms. The summed E-state index contributed by atoms with van der Waals surface area (Å²) in [7, 11) is 0. The SMILES string of the molecule is O=C(CCN1C(=O)c2ccccc2C1=O)NCC1CCCN1c1nccs1. The Balaban J connectivity index is 1.28. The van der Waals surface area contributed by atoms with Crippen LogP contribution in [0.4, 0.5) is 5.13 Å². The number of imide groups is 1. The van der Waals surface area contributed by atoms with Crippen LogP contribution in [0.1, 0.15) is 40.0 Å². The fourth-order valence-corrected chi connectivity index (χ4v) is 4.37. The minimum absolute atomic E-state index is 0.0963. The summed E-state index contributed by atoms with van der Waals surface area (Å²) in [6.45, 7) is 1.59. The Labute approximate surface area is 161 Å². The largest absolute Gasteiger partial charge is 0.354 e. The number of hydrogen-bond acceptors (Lipinski definition) is 6. The Kier molecular flexibility index (Phi) is 4.89. The van der Waals surface area contributed by atoms with Crippen LogP contribution in [0, 0.1) is 0 Å². The minimum Gasteiger partial charge on any atom is -0.354 e. The first-order chi connectivity index (χ1) is 13.1. The number of rotatable bonds is 6. The highest BCUT2D eigenvalue weighted by Gasteiger charge is 2.35. The van der Waals surface area contributed by atoms with Crippen molar-refractivity contribution in [2.45, 2.75) is 25.3 Å². The average Bonchev–Trinajstić information content (AvgIpc) is 3.40. The third kappa shape index (κ3) is 3.44. The molecule has 1 aromatic carbocycles. The lowest BCUT2D eigenvalue weighted by Gasteiger charge is -2.24. The highest BCUT2D eigenvalue weighted by Crippen LogP contribution is 2.27. The van der Waals surface area contributed by atoms with E-state index in [9.17, 15) is 14.4 Å². The maximum absolute atomic E-state index is 12.3. The number of thiazole rings is 1. The molecule has 8 heteroatoms. The van der Waals surface area contributed by atoms with E-state index in [1.165, 1.54) is 0 Å². The molecule has 27 heavy (non-hydrogen) atoms. The summed E-state index contributed by atoms with van der Waals surface area (Å²) in [5.41, 5.74) is 0.820. The zero-order chi connectivity index (χ0) is 18.8. The quantitative estimate of drug-likeness (QED) is 0.770. The van der Waals surface area contributed by atoms with Gasteiger partial charge in [0.15, 0.2) is 5.13 Å². The number of fused-ring (bicyclic) bond motifs is 1. The lowest BCUT2D eigenvalue weighted by molar-refractivity contribution is -0.121. The molecule has 3 amide bonds. The number of amides is 3. The molecular weight excluding hydrogens is 364 g/mol. The second-order valence-corrected chi connectivity index (χ2v) is 7.54. The molecule has 140 valence electrons. The number of carbonyl (C=O) groups excluding carboxylic acids is 3. The van der Waals surface area contributed by atoms with E-state index in [1.54, 1.807) is 41.8 Å². The van der Waals surface area contributed by atoms with Crippen molar-refractivity contribution in [1.82, 2.24) is 15.2 Å². The maximum atomic E-state index is 12.3. The van der Waals surface area contributed by atoms with Crippen LogP contribution in [-0.2, 0) is 4.79 Å². The van der Waals surface area contributed by atoms with Crippen molar-refractivity contribution in [3.8, 4) is 0 Å². The summed E-state index contributed by atoms with van der Waals surface area (Å²) in [6.07, 6.45) is 3.99. The predicted octanol–water partition coefficient (Wildman–Crippen LogP) is 1.91. The highest BCUT2D eigenvalue weighted by atomic mass is 32.1. The van der Waals surface area contributed by atoms with Crippen LogP contribution in [0.5, 0.6) is 0 Å². The van der Waals surface area contributed by atoms with E-state index < -0.39 is 0 Å². The number of anilines is 1. The van der Waals surface area contributed by atoms with Gasteiger partial charge in [0, 0.05) is 43.7 Å². The first-order valence-corrected chi connectivity index (χ1v) is 9.91. The van der Waals surface area contributed by atoms with Crippen LogP contribution < -0.4 is 10.2 Å². The van der Waals surface area contributed by atoms with Crippen LogP contribution in [0.2, 0.25) is 0 Å². The fraction of sp³-hybridized carbons (Fsp3) is 0.368. The molecule has 3 heterocycles. The van der Waals surface area contributed by atoms with Gasteiger partial charge in [0.2, 0.25) is 5.91 Å². The monoisotopic (exact) mass is 384 g/mol. The second-order valence-electron chi connectivity index (χ2n) is 6.67. The number of aromatic nitrogens is 1. The van der Waals surface area contributed by atoms with Gasteiger partial charge in [-0.1, -0.05) is 12.1 Å². The summed E-state index contributed by atoms with van der Waals surface area (Å²) < 4.78 is 0. The Morgan fingerprint density at radius 3 is 2.63 bits per heavy atom. The molecule has 0 spiro atoms. The highest BCUT2D eigenvalue weighted by molar-refractivity contribution is 7.13. The summed E-state index contributed by atoms with van der Waals surface area (Å²) in [6, 6.07) is 6.98. The second kappa shape index (κ2) is 7.48. The Bertz CT molecular complexity index is 833. The first-order valence-electron chi connectivity index (χ1n) is 9.03. The lowest BCUT2D eigenvalue weighted by atomic mass is 10.1. The zero-order valence-corrected chi connectivity index (χ0v) is 15.6. The maximum Gasteiger partial charge on any atom is 0.261 e. The third-order valence-corrected chi connectivity index (χ3v) is 5.83. The standard InChI is InChI=1S/C19H20N4O3S/c24-16(21-12-13-4-3-9-22(13)19-20-8-11-27-19)7-10-23-17(25)14-5-1-2-6-15(14)18(23)26/h1-2,5-6,8,11,13H,3-4,7,9-10,12H2,(H,21,24). The number of benzene rings is 1. The van der Waals surface area contributed by atoms with Gasteiger partial charge in [-0.3, -0.25) is 19.3 Å². The Morgan fingerprint density at radius 2 is 1.96 bits per heavy atom. The smallest absolute Gasteiger partial charge is 0.261 e. The van der Waals surface area contributed by atoms with Crippen molar-refractivity contribution in [1.29, 1.82) is 0 Å². The van der Waals surface area contributed by atoms with Gasteiger partial charge in [-0.15, -0.1) is 11.3 Å². The molecule has 1 aromatic heterocycles. The minimum atomic E-state index is -0.325. The molecule has 1 atom stereocenters. The van der Waals surface area contributed by atoms with E-state index >= 15 is 0 Å². The van der Waals surface area contributed by atoms with Crippen LogP contribution in [0.15, 0.2) is 35.8 Å². The molecule has 2 aliphatic rings. The Hall–Kier alpha value is -2.74. The number of nitrogens with one attached hydrogen (secondary N) is 1. The van der Waals surface area contributed by atoms with E-state index in [4.69, 9.17) is 0 Å². The van der Waals surface area contributed by atoms with Gasteiger partial charge in [0.05, 0.1) is 11.1 Å². The molecular formula is C19H20N4O3S. The van der Waals surface area contributed by atoms with E-state index in [2.05, 4.69) is 15.2 Å². The molecule has 0 radical (unpaired) electrons. The molecule has 1 N–H and O–H groups in total. The average molecular weight is 384 g/mol. The fourth-order valence-electron chi connectivity index (χ4n) is 3.63. The van der Waals surface area contributed by atoms with Gasteiger partial charge in [0.1, 0.15) is 0 Å². The Morgan fingerprint density at radius 1 is 1.22 bits per heavy atom. The van der Waals surface area contributed by atoms with E-state index in [1.807, 2.05) is 5.38 Å². The van der Waals surface area contributed by atoms with E-state index in [0.717, 1.165) is 29.4 Å². The van der Waals surface area contributed by atoms with Gasteiger partial charge in [-0.05, 0) is 25.0 Å². The van der Waals surface area contributed by atoms with Crippen molar-refractivity contribution in [3.05, 3.63) is 47.0 Å². The number of hydrogen-bond donors (Lipinski definition) is 1. The molecule has 2 aliphatic heterocycles. The summed E-state index contributed by atoms with van der Waals surface area (Å²) in [5.74, 6) is -0.805. The third-order valence-electron chi connectivity index (χ3n) is 5.02. The van der Waals surface area contributed by atoms with Crippen LogP contribution in [0.25, 0.3) is 0 Å². The van der Waals surface area contributed by atoms with Crippen molar-refractivity contribution in [2.75, 3.05) is 24.5 Å². The molecule has 1 unspecified atom stereocenters.